The van der Waals surface area contributed by atoms with E-state index in [0.29, 0.717) is 13.0 Å². The Morgan fingerprint density at radius 3 is 2.64 bits per heavy atom. The number of rotatable bonds is 5. The first-order valence-electron chi connectivity index (χ1n) is 4.74. The van der Waals surface area contributed by atoms with Gasteiger partial charge in [0.05, 0.1) is 0 Å². The van der Waals surface area contributed by atoms with Crippen LogP contribution in [0.3, 0.4) is 0 Å². The van der Waals surface area contributed by atoms with Crippen LogP contribution in [0.5, 0.6) is 0 Å². The van der Waals surface area contributed by atoms with E-state index < -0.39 is 0 Å². The van der Waals surface area contributed by atoms with Gasteiger partial charge in [-0.05, 0) is 17.7 Å². The van der Waals surface area contributed by atoms with Crippen LogP contribution >= 0.6 is 12.6 Å². The van der Waals surface area contributed by atoms with Gasteiger partial charge in [-0.15, -0.1) is 0 Å². The average molecular weight is 209 g/mol. The summed E-state index contributed by atoms with van der Waals surface area (Å²) in [4.78, 5) is 11.2. The molecule has 0 bridgehead atoms. The minimum absolute atomic E-state index is 0.0999. The van der Waals surface area contributed by atoms with Crippen molar-refractivity contribution >= 4 is 18.5 Å². The molecule has 0 aliphatic rings. The predicted octanol–water partition coefficient (Wildman–Crippen LogP) is 2.01. The number of carbonyl (C=O) groups is 1. The summed E-state index contributed by atoms with van der Waals surface area (Å²) in [6.07, 6.45) is 1.40. The van der Waals surface area contributed by atoms with Gasteiger partial charge in [0.1, 0.15) is 0 Å². The highest BCUT2D eigenvalue weighted by Crippen LogP contribution is 1.98. The molecule has 0 radical (unpaired) electrons. The van der Waals surface area contributed by atoms with E-state index >= 15 is 0 Å². The maximum absolute atomic E-state index is 11.2. The van der Waals surface area contributed by atoms with E-state index in [2.05, 4.69) is 17.9 Å². The van der Waals surface area contributed by atoms with Gasteiger partial charge in [-0.3, -0.25) is 4.79 Å². The Balaban J connectivity index is 2.24. The summed E-state index contributed by atoms with van der Waals surface area (Å²) in [6, 6.07) is 9.90. The van der Waals surface area contributed by atoms with Crippen molar-refractivity contribution in [1.29, 1.82) is 0 Å². The zero-order valence-corrected chi connectivity index (χ0v) is 8.97. The van der Waals surface area contributed by atoms with Crippen LogP contribution in [0, 0.1) is 0 Å². The zero-order chi connectivity index (χ0) is 10.2. The Hall–Kier alpha value is -0.960. The highest BCUT2D eigenvalue weighted by Gasteiger charge is 1.99. The Morgan fingerprint density at radius 2 is 2.00 bits per heavy atom. The molecule has 0 aliphatic carbocycles. The van der Waals surface area contributed by atoms with Crippen molar-refractivity contribution in [3.05, 3.63) is 35.9 Å². The van der Waals surface area contributed by atoms with Crippen LogP contribution in [0.2, 0.25) is 0 Å². The molecule has 76 valence electrons. The highest BCUT2D eigenvalue weighted by molar-refractivity contribution is 7.80. The van der Waals surface area contributed by atoms with Gasteiger partial charge in [-0.25, -0.2) is 0 Å². The lowest BCUT2D eigenvalue weighted by Gasteiger charge is -2.03. The fourth-order valence-corrected chi connectivity index (χ4v) is 1.28. The fraction of sp³-hybridized carbons (Fsp3) is 0.364. The second-order valence-corrected chi connectivity index (χ2v) is 3.54. The average Bonchev–Trinajstić information content (AvgIpc) is 2.25. The molecule has 0 heterocycles. The van der Waals surface area contributed by atoms with Crippen LogP contribution in [-0.2, 0) is 11.3 Å². The lowest BCUT2D eigenvalue weighted by Crippen LogP contribution is -2.22. The molecule has 0 aliphatic heterocycles. The van der Waals surface area contributed by atoms with E-state index in [4.69, 9.17) is 0 Å². The number of nitrogens with one attached hydrogen (secondary N) is 1. The lowest BCUT2D eigenvalue weighted by atomic mass is 10.2. The van der Waals surface area contributed by atoms with Crippen LogP contribution in [0.25, 0.3) is 0 Å². The molecule has 0 atom stereocenters. The van der Waals surface area contributed by atoms with Gasteiger partial charge in [0.15, 0.2) is 0 Å². The predicted molar refractivity (Wildman–Crippen MR) is 61.4 cm³/mol. The molecule has 0 saturated carbocycles. The number of hydrogen-bond donors (Lipinski definition) is 2. The molecule has 0 spiro atoms. The second kappa shape index (κ2) is 6.49. The normalized spacial score (nSPS) is 9.79. The van der Waals surface area contributed by atoms with E-state index in [1.807, 2.05) is 30.3 Å². The standard InChI is InChI=1S/C11H15NOS/c13-11(7-4-8-14)12-9-10-5-2-1-3-6-10/h1-3,5-6,14H,4,7-9H2,(H,12,13). The molecule has 2 nitrogen and oxygen atoms in total. The van der Waals surface area contributed by atoms with E-state index in [1.54, 1.807) is 0 Å². The van der Waals surface area contributed by atoms with Gasteiger partial charge in [0.25, 0.3) is 0 Å². The van der Waals surface area contributed by atoms with Crippen LogP contribution in [0.15, 0.2) is 30.3 Å². The molecule has 1 rings (SSSR count). The number of hydrogen-bond acceptors (Lipinski definition) is 2. The zero-order valence-electron chi connectivity index (χ0n) is 8.07. The van der Waals surface area contributed by atoms with Gasteiger partial charge < -0.3 is 5.32 Å². The van der Waals surface area contributed by atoms with Crippen molar-refractivity contribution in [2.75, 3.05) is 5.75 Å². The van der Waals surface area contributed by atoms with Crippen LogP contribution < -0.4 is 5.32 Å². The molecular weight excluding hydrogens is 194 g/mol. The lowest BCUT2D eigenvalue weighted by molar-refractivity contribution is -0.121. The summed E-state index contributed by atoms with van der Waals surface area (Å²) < 4.78 is 0. The SMILES string of the molecule is O=C(CCCS)NCc1ccccc1. The first-order chi connectivity index (χ1) is 6.83. The maximum atomic E-state index is 11.2. The summed E-state index contributed by atoms with van der Waals surface area (Å²) in [5.74, 6) is 0.863. The molecule has 0 saturated heterocycles. The summed E-state index contributed by atoms with van der Waals surface area (Å²) >= 11 is 4.05. The van der Waals surface area contributed by atoms with Crippen molar-refractivity contribution in [1.82, 2.24) is 5.32 Å². The van der Waals surface area contributed by atoms with Crippen LogP contribution in [-0.4, -0.2) is 11.7 Å². The smallest absolute Gasteiger partial charge is 0.220 e. The number of benzene rings is 1. The molecule has 1 aromatic rings. The van der Waals surface area contributed by atoms with Gasteiger partial charge in [0, 0.05) is 13.0 Å². The van der Waals surface area contributed by atoms with Crippen LogP contribution in [0.1, 0.15) is 18.4 Å². The van der Waals surface area contributed by atoms with Gasteiger partial charge >= 0.3 is 0 Å². The number of thiol groups is 1. The monoisotopic (exact) mass is 209 g/mol. The summed E-state index contributed by atoms with van der Waals surface area (Å²) in [5.41, 5.74) is 1.13. The molecular formula is C11H15NOS. The largest absolute Gasteiger partial charge is 0.352 e. The van der Waals surface area contributed by atoms with Crippen molar-refractivity contribution < 1.29 is 4.79 Å². The third-order valence-electron chi connectivity index (χ3n) is 1.89. The Morgan fingerprint density at radius 1 is 1.29 bits per heavy atom. The minimum Gasteiger partial charge on any atom is -0.352 e. The van der Waals surface area contributed by atoms with Crippen molar-refractivity contribution in [3.8, 4) is 0 Å². The van der Waals surface area contributed by atoms with Gasteiger partial charge in [-0.1, -0.05) is 30.3 Å². The first-order valence-corrected chi connectivity index (χ1v) is 5.37. The van der Waals surface area contributed by atoms with E-state index in [-0.39, 0.29) is 5.91 Å². The Labute approximate surface area is 90.1 Å². The molecule has 0 aromatic heterocycles. The molecule has 0 unspecified atom stereocenters. The summed E-state index contributed by atoms with van der Waals surface area (Å²) in [7, 11) is 0. The summed E-state index contributed by atoms with van der Waals surface area (Å²) in [5, 5.41) is 2.86. The highest BCUT2D eigenvalue weighted by atomic mass is 32.1. The molecule has 3 heteroatoms. The second-order valence-electron chi connectivity index (χ2n) is 3.09. The fourth-order valence-electron chi connectivity index (χ4n) is 1.12. The van der Waals surface area contributed by atoms with Crippen molar-refractivity contribution in [2.24, 2.45) is 0 Å². The first kappa shape index (κ1) is 11.1. The van der Waals surface area contributed by atoms with Crippen molar-refractivity contribution in [3.63, 3.8) is 0 Å². The number of carbonyl (C=O) groups excluding carboxylic acids is 1. The maximum Gasteiger partial charge on any atom is 0.220 e. The Kier molecular flexibility index (Phi) is 5.15. The molecule has 1 aromatic carbocycles. The molecule has 1 amide bonds. The van der Waals surface area contributed by atoms with Crippen LogP contribution in [0.4, 0.5) is 0 Å². The molecule has 1 N–H and O–H groups in total. The molecule has 0 fully saturated rings. The quantitative estimate of drug-likeness (QED) is 0.714. The van der Waals surface area contributed by atoms with Crippen molar-refractivity contribution in [2.45, 2.75) is 19.4 Å². The minimum atomic E-state index is 0.0999. The third kappa shape index (κ3) is 4.33. The van der Waals surface area contributed by atoms with Gasteiger partial charge in [-0.2, -0.15) is 12.6 Å². The number of amides is 1. The Bertz CT molecular complexity index is 274. The van der Waals surface area contributed by atoms with E-state index in [0.717, 1.165) is 17.7 Å². The van der Waals surface area contributed by atoms with Gasteiger partial charge in [0.2, 0.25) is 5.91 Å². The van der Waals surface area contributed by atoms with E-state index in [1.165, 1.54) is 0 Å². The third-order valence-corrected chi connectivity index (χ3v) is 2.21. The molecule has 14 heavy (non-hydrogen) atoms. The van der Waals surface area contributed by atoms with E-state index in [9.17, 15) is 4.79 Å². The summed E-state index contributed by atoms with van der Waals surface area (Å²) in [6.45, 7) is 0.617. The topological polar surface area (TPSA) is 29.1 Å².